The molecule has 1 nitrogen and oxygen atoms in total. The molecule has 0 N–H and O–H groups in total. The molecule has 0 radical (unpaired) electrons. The van der Waals surface area contributed by atoms with Gasteiger partial charge in [0.25, 0.3) is 15.7 Å². The molecule has 0 aromatic heterocycles. The van der Waals surface area contributed by atoms with Crippen LogP contribution < -0.4 is 0 Å². The summed E-state index contributed by atoms with van der Waals surface area (Å²) < 4.78 is 0.664. The maximum atomic E-state index is 10.3. The molecule has 0 rings (SSSR count). The van der Waals surface area contributed by atoms with Gasteiger partial charge >= 0.3 is 5.12 Å². The predicted molar refractivity (Wildman–Crippen MR) is 39.2 cm³/mol. The predicted octanol–water partition coefficient (Wildman–Crippen LogP) is 1.39. The van der Waals surface area contributed by atoms with Gasteiger partial charge in [-0.2, -0.15) is 0 Å². The van der Waals surface area contributed by atoms with E-state index in [1.54, 1.807) is 0 Å². The first-order valence-electron chi connectivity index (χ1n) is 2.36. The Morgan fingerprint density at radius 1 is 1.75 bits per heavy atom. The average Bonchev–Trinajstić information content (AvgIpc) is 1.65. The van der Waals surface area contributed by atoms with Crippen LogP contribution in [0.5, 0.6) is 0 Å². The molecule has 3 heteroatoms. The Morgan fingerprint density at radius 2 is 2.25 bits per heavy atom. The molecule has 0 aromatic carbocycles. The van der Waals surface area contributed by atoms with Gasteiger partial charge in [-0.15, -0.1) is 0 Å². The van der Waals surface area contributed by atoms with Crippen molar-refractivity contribution in [1.29, 1.82) is 0 Å². The smallest absolute Gasteiger partial charge is 0.226 e. The molecule has 8 heavy (non-hydrogen) atoms. The standard InChI is InChI=1S/C5H8ClOS/c1-3-5(6)8-4(2)7/h3H2,1-2H3/q+1. The van der Waals surface area contributed by atoms with E-state index in [2.05, 4.69) is 0 Å². The highest BCUT2D eigenvalue weighted by atomic mass is 35.5. The molecule has 0 aromatic rings. The summed E-state index contributed by atoms with van der Waals surface area (Å²) in [5.41, 5.74) is 0. The van der Waals surface area contributed by atoms with Crippen LogP contribution in [0, 0.1) is 0 Å². The zero-order valence-corrected chi connectivity index (χ0v) is 6.47. The van der Waals surface area contributed by atoms with E-state index in [0.717, 1.165) is 17.8 Å². The van der Waals surface area contributed by atoms with Crippen molar-refractivity contribution in [1.82, 2.24) is 0 Å². The summed E-state index contributed by atoms with van der Waals surface area (Å²) in [7, 11) is 0. The molecule has 0 saturated heterocycles. The third-order valence-corrected chi connectivity index (χ3v) is 1.83. The summed E-state index contributed by atoms with van der Waals surface area (Å²) in [5.74, 6) is 0. The van der Waals surface area contributed by atoms with Crippen LogP contribution in [-0.4, -0.2) is 9.44 Å². The van der Waals surface area contributed by atoms with Crippen molar-refractivity contribution >= 4 is 32.4 Å². The lowest BCUT2D eigenvalue weighted by molar-refractivity contribution is -0.109. The van der Waals surface area contributed by atoms with Crippen LogP contribution in [0.2, 0.25) is 0 Å². The number of carbonyl (C=O) groups excluding carboxylic acids is 1. The highest BCUT2D eigenvalue weighted by molar-refractivity contribution is 7.96. The van der Waals surface area contributed by atoms with Gasteiger partial charge in [-0.05, 0) is 11.6 Å². The fourth-order valence-electron chi connectivity index (χ4n) is 0.228. The van der Waals surface area contributed by atoms with Crippen molar-refractivity contribution < 1.29 is 4.79 Å². The number of halogens is 1. The minimum Gasteiger partial charge on any atom is -0.226 e. The van der Waals surface area contributed by atoms with Crippen LogP contribution >= 0.6 is 11.6 Å². The Balaban J connectivity index is 3.75. The minimum atomic E-state index is 0.0526. The maximum Gasteiger partial charge on any atom is 0.402 e. The molecule has 0 fully saturated rings. The Morgan fingerprint density at radius 3 is 2.38 bits per heavy atom. The zero-order valence-electron chi connectivity index (χ0n) is 4.90. The molecule has 0 aliphatic heterocycles. The van der Waals surface area contributed by atoms with Crippen LogP contribution in [0.4, 0.5) is 0 Å². The molecule has 0 saturated carbocycles. The zero-order chi connectivity index (χ0) is 6.57. The second-order valence-corrected chi connectivity index (χ2v) is 3.25. The first-order chi connectivity index (χ1) is 3.66. The highest BCUT2D eigenvalue weighted by Gasteiger charge is 2.07. The molecule has 0 spiro atoms. The molecule has 0 aliphatic carbocycles. The Bertz CT molecular complexity index is 120. The normalized spacial score (nSPS) is 11.6. The first-order valence-corrected chi connectivity index (χ1v) is 3.56. The Hall–Kier alpha value is 0.0500. The van der Waals surface area contributed by atoms with Crippen LogP contribution in [0.1, 0.15) is 20.3 Å². The molecule has 0 bridgehead atoms. The molecule has 0 amide bonds. The van der Waals surface area contributed by atoms with E-state index < -0.39 is 0 Å². The van der Waals surface area contributed by atoms with Crippen LogP contribution in [0.15, 0.2) is 0 Å². The molecule has 0 unspecified atom stereocenters. The lowest BCUT2D eigenvalue weighted by Crippen LogP contribution is -1.92. The van der Waals surface area contributed by atoms with Gasteiger partial charge < -0.3 is 0 Å². The summed E-state index contributed by atoms with van der Waals surface area (Å²) in [6.07, 6.45) is 0.756. The van der Waals surface area contributed by atoms with E-state index in [-0.39, 0.29) is 5.12 Å². The molecular weight excluding hydrogens is 144 g/mol. The quantitative estimate of drug-likeness (QED) is 0.315. The van der Waals surface area contributed by atoms with Gasteiger partial charge in [-0.1, -0.05) is 6.92 Å². The lowest BCUT2D eigenvalue weighted by atomic mass is 10.6. The third-order valence-electron chi connectivity index (χ3n) is 0.532. The van der Waals surface area contributed by atoms with Gasteiger partial charge in [-0.25, -0.2) is 4.79 Å². The molecule has 0 atom stereocenters. The van der Waals surface area contributed by atoms with Gasteiger partial charge in [0.15, 0.2) is 0 Å². The summed E-state index contributed by atoms with van der Waals surface area (Å²) >= 11 is 6.62. The fourth-order valence-corrected chi connectivity index (χ4v) is 1.01. The van der Waals surface area contributed by atoms with Crippen molar-refractivity contribution in [2.75, 3.05) is 0 Å². The minimum absolute atomic E-state index is 0.0526. The van der Waals surface area contributed by atoms with Crippen molar-refractivity contribution in [2.45, 2.75) is 20.3 Å². The second-order valence-electron chi connectivity index (χ2n) is 1.30. The van der Waals surface area contributed by atoms with Crippen molar-refractivity contribution in [3.63, 3.8) is 0 Å². The summed E-state index contributed by atoms with van der Waals surface area (Å²) in [4.78, 5) is 10.3. The molecule has 0 aliphatic rings. The maximum absolute atomic E-state index is 10.3. The van der Waals surface area contributed by atoms with E-state index in [1.165, 1.54) is 6.92 Å². The van der Waals surface area contributed by atoms with Gasteiger partial charge in [0, 0.05) is 6.42 Å². The monoisotopic (exact) mass is 151 g/mol. The van der Waals surface area contributed by atoms with Crippen LogP contribution in [-0.2, 0) is 16.1 Å². The van der Waals surface area contributed by atoms with E-state index in [1.807, 2.05) is 6.92 Å². The highest BCUT2D eigenvalue weighted by Crippen LogP contribution is 1.88. The van der Waals surface area contributed by atoms with Gasteiger partial charge in [0.05, 0.1) is 6.92 Å². The van der Waals surface area contributed by atoms with Gasteiger partial charge in [0.1, 0.15) is 0 Å². The second kappa shape index (κ2) is 3.98. The van der Waals surface area contributed by atoms with E-state index in [9.17, 15) is 4.79 Å². The van der Waals surface area contributed by atoms with Crippen LogP contribution in [0.25, 0.3) is 0 Å². The summed E-state index contributed by atoms with van der Waals surface area (Å²) in [6.45, 7) is 3.42. The lowest BCUT2D eigenvalue weighted by Gasteiger charge is -1.68. The van der Waals surface area contributed by atoms with E-state index in [0.29, 0.717) is 4.32 Å². The Kier molecular flexibility index (Phi) is 4.01. The molecule has 0 heterocycles. The largest absolute Gasteiger partial charge is 0.402 e. The number of hydrogen-bond acceptors (Lipinski definition) is 1. The summed E-state index contributed by atoms with van der Waals surface area (Å²) in [5, 5.41) is 0.0526. The molecule has 46 valence electrons. The average molecular weight is 152 g/mol. The van der Waals surface area contributed by atoms with E-state index >= 15 is 0 Å². The molecular formula is C5H8ClOS+. The summed E-state index contributed by atoms with van der Waals surface area (Å²) in [6, 6.07) is 0. The van der Waals surface area contributed by atoms with Crippen molar-refractivity contribution in [3.8, 4) is 0 Å². The first kappa shape index (κ1) is 8.05. The Labute approximate surface area is 58.0 Å². The van der Waals surface area contributed by atoms with Gasteiger partial charge in [0.2, 0.25) is 0 Å². The van der Waals surface area contributed by atoms with E-state index in [4.69, 9.17) is 11.6 Å². The topological polar surface area (TPSA) is 17.1 Å². The number of carbonyl (C=O) groups is 1. The van der Waals surface area contributed by atoms with Crippen molar-refractivity contribution in [2.24, 2.45) is 0 Å². The third kappa shape index (κ3) is 4.22. The number of hydrogen-bond donors (Lipinski definition) is 0. The SMILES string of the molecule is CCC(Cl)=[S+]C(C)=O. The van der Waals surface area contributed by atoms with Gasteiger partial charge in [-0.3, -0.25) is 0 Å². The number of rotatable bonds is 1. The fraction of sp³-hybridized carbons (Fsp3) is 0.600. The van der Waals surface area contributed by atoms with Crippen LogP contribution in [0.3, 0.4) is 0 Å². The van der Waals surface area contributed by atoms with Crippen molar-refractivity contribution in [3.05, 3.63) is 0 Å².